The third-order valence-electron chi connectivity index (χ3n) is 2.88. The Hall–Kier alpha value is -2.75. The lowest BCUT2D eigenvalue weighted by Crippen LogP contribution is -2.23. The van der Waals surface area contributed by atoms with Gasteiger partial charge < -0.3 is 0 Å². The monoisotopic (exact) mass is 323 g/mol. The summed E-state index contributed by atoms with van der Waals surface area (Å²) in [6, 6.07) is 3.66. The van der Waals surface area contributed by atoms with Gasteiger partial charge in [0.15, 0.2) is 0 Å². The van der Waals surface area contributed by atoms with Crippen LogP contribution in [0, 0.1) is 17.0 Å². The summed E-state index contributed by atoms with van der Waals surface area (Å²) in [5, 5.41) is 14.6. The second-order valence-corrected chi connectivity index (χ2v) is 6.31. The van der Waals surface area contributed by atoms with Crippen LogP contribution in [0.2, 0.25) is 0 Å². The molecule has 0 amide bonds. The van der Waals surface area contributed by atoms with Crippen molar-refractivity contribution in [1.29, 1.82) is 0 Å². The van der Waals surface area contributed by atoms with Crippen LogP contribution in [0.1, 0.15) is 5.56 Å². The Bertz CT molecular complexity index is 814. The fourth-order valence-corrected chi connectivity index (χ4v) is 2.85. The van der Waals surface area contributed by atoms with Crippen molar-refractivity contribution < 1.29 is 13.3 Å². The Kier molecular flexibility index (Phi) is 4.22. The summed E-state index contributed by atoms with van der Waals surface area (Å²) in [4.78, 5) is 13.8. The molecule has 0 radical (unpaired) electrons. The van der Waals surface area contributed by atoms with E-state index in [4.69, 9.17) is 0 Å². The van der Waals surface area contributed by atoms with Crippen LogP contribution in [-0.4, -0.2) is 40.7 Å². The molecule has 1 aromatic carbocycles. The maximum atomic E-state index is 12.5. The van der Waals surface area contributed by atoms with Gasteiger partial charge in [-0.25, -0.2) is 4.98 Å². The van der Waals surface area contributed by atoms with Gasteiger partial charge >= 0.3 is 0 Å². The minimum atomic E-state index is -3.98. The summed E-state index contributed by atoms with van der Waals surface area (Å²) in [6.45, 7) is 1.56. The molecule has 0 saturated carbocycles. The van der Waals surface area contributed by atoms with Crippen molar-refractivity contribution in [3.63, 3.8) is 0 Å². The van der Waals surface area contributed by atoms with Crippen LogP contribution >= 0.6 is 0 Å². The van der Waals surface area contributed by atoms with E-state index >= 15 is 0 Å². The summed E-state index contributed by atoms with van der Waals surface area (Å²) in [5.41, 5.74) is 0.103. The van der Waals surface area contributed by atoms with Crippen LogP contribution in [-0.2, 0) is 10.0 Å². The molecule has 0 unspecified atom stereocenters. The van der Waals surface area contributed by atoms with Crippen molar-refractivity contribution in [2.45, 2.75) is 11.8 Å². The molecule has 0 aliphatic heterocycles. The SMILES string of the molecule is Cc1ccc([N+](=O)[O-])cc1S(=O)(=O)N(C)N=Cn1ccnc1. The largest absolute Gasteiger partial charge is 0.295 e. The number of rotatable bonds is 5. The van der Waals surface area contributed by atoms with Gasteiger partial charge in [-0.15, -0.1) is 0 Å². The van der Waals surface area contributed by atoms with Gasteiger partial charge in [0.25, 0.3) is 15.7 Å². The normalized spacial score (nSPS) is 11.7. The number of nitrogens with zero attached hydrogens (tertiary/aromatic N) is 5. The summed E-state index contributed by atoms with van der Waals surface area (Å²) in [7, 11) is -2.73. The number of aryl methyl sites for hydroxylation is 1. The Morgan fingerprint density at radius 2 is 2.18 bits per heavy atom. The lowest BCUT2D eigenvalue weighted by atomic mass is 10.2. The molecule has 1 heterocycles. The minimum absolute atomic E-state index is 0.160. The van der Waals surface area contributed by atoms with Gasteiger partial charge in [-0.05, 0) is 12.5 Å². The molecule has 1 aromatic heterocycles. The summed E-state index contributed by atoms with van der Waals surface area (Å²) in [5.74, 6) is 0. The van der Waals surface area contributed by atoms with Gasteiger partial charge in [-0.1, -0.05) is 6.07 Å². The molecular weight excluding hydrogens is 310 g/mol. The van der Waals surface area contributed by atoms with Crippen LogP contribution in [0.4, 0.5) is 5.69 Å². The molecule has 0 spiro atoms. The van der Waals surface area contributed by atoms with E-state index in [0.717, 1.165) is 10.5 Å². The number of sulfonamides is 1. The molecular formula is C12H13N5O4S. The Balaban J connectivity index is 2.37. The number of hydrazone groups is 1. The fourth-order valence-electron chi connectivity index (χ4n) is 1.65. The van der Waals surface area contributed by atoms with Crippen LogP contribution < -0.4 is 0 Å². The molecule has 0 aliphatic rings. The average Bonchev–Trinajstić information content (AvgIpc) is 2.97. The lowest BCUT2D eigenvalue weighted by Gasteiger charge is -2.15. The maximum Gasteiger partial charge on any atom is 0.279 e. The number of non-ortho nitro benzene ring substituents is 1. The number of nitro benzene ring substituents is 1. The number of hydrogen-bond acceptors (Lipinski definition) is 6. The van der Waals surface area contributed by atoms with Crippen LogP contribution in [0.3, 0.4) is 0 Å². The van der Waals surface area contributed by atoms with Crippen molar-refractivity contribution in [3.8, 4) is 0 Å². The molecule has 0 bridgehead atoms. The van der Waals surface area contributed by atoms with E-state index in [2.05, 4.69) is 10.1 Å². The molecule has 2 rings (SSSR count). The first-order chi connectivity index (χ1) is 10.3. The first kappa shape index (κ1) is 15.6. The minimum Gasteiger partial charge on any atom is -0.295 e. The van der Waals surface area contributed by atoms with Gasteiger partial charge in [-0.3, -0.25) is 14.7 Å². The van der Waals surface area contributed by atoms with Crippen molar-refractivity contribution in [3.05, 3.63) is 52.6 Å². The van der Waals surface area contributed by atoms with Crippen LogP contribution in [0.5, 0.6) is 0 Å². The number of benzene rings is 1. The molecule has 22 heavy (non-hydrogen) atoms. The zero-order valence-corrected chi connectivity index (χ0v) is 12.6. The average molecular weight is 323 g/mol. The smallest absolute Gasteiger partial charge is 0.279 e. The fraction of sp³-hybridized carbons (Fsp3) is 0.167. The molecule has 2 aromatic rings. The number of aromatic nitrogens is 2. The molecule has 0 saturated heterocycles. The van der Waals surface area contributed by atoms with Crippen molar-refractivity contribution in [2.75, 3.05) is 7.05 Å². The molecule has 9 nitrogen and oxygen atoms in total. The van der Waals surface area contributed by atoms with Crippen molar-refractivity contribution >= 4 is 22.0 Å². The van der Waals surface area contributed by atoms with E-state index in [-0.39, 0.29) is 10.6 Å². The second-order valence-electron chi connectivity index (χ2n) is 4.39. The number of hydrogen-bond donors (Lipinski definition) is 0. The third kappa shape index (κ3) is 3.11. The first-order valence-electron chi connectivity index (χ1n) is 6.08. The van der Waals surface area contributed by atoms with Crippen LogP contribution in [0.25, 0.3) is 0 Å². The highest BCUT2D eigenvalue weighted by molar-refractivity contribution is 7.89. The Labute approximate surface area is 126 Å². The summed E-state index contributed by atoms with van der Waals surface area (Å²) in [6.07, 6.45) is 5.81. The second kappa shape index (κ2) is 5.93. The summed E-state index contributed by atoms with van der Waals surface area (Å²) < 4.78 is 27.1. The van der Waals surface area contributed by atoms with E-state index in [0.29, 0.717) is 5.56 Å². The maximum absolute atomic E-state index is 12.5. The van der Waals surface area contributed by atoms with E-state index in [1.54, 1.807) is 13.1 Å². The predicted octanol–water partition coefficient (Wildman–Crippen LogP) is 1.21. The van der Waals surface area contributed by atoms with Crippen LogP contribution in [0.15, 0.2) is 46.9 Å². The number of nitro groups is 1. The quantitative estimate of drug-likeness (QED) is 0.355. The molecule has 0 fully saturated rings. The Morgan fingerprint density at radius 3 is 2.77 bits per heavy atom. The lowest BCUT2D eigenvalue weighted by molar-refractivity contribution is -0.385. The van der Waals surface area contributed by atoms with Gasteiger partial charge in [0.1, 0.15) is 6.34 Å². The highest BCUT2D eigenvalue weighted by atomic mass is 32.2. The van der Waals surface area contributed by atoms with Gasteiger partial charge in [-0.2, -0.15) is 17.9 Å². The van der Waals surface area contributed by atoms with Gasteiger partial charge in [0.05, 0.1) is 16.1 Å². The Morgan fingerprint density at radius 1 is 1.45 bits per heavy atom. The molecule has 0 aliphatic carbocycles. The van der Waals surface area contributed by atoms with Gasteiger partial charge in [0.2, 0.25) is 0 Å². The van der Waals surface area contributed by atoms with Crippen molar-refractivity contribution in [1.82, 2.24) is 14.0 Å². The molecule has 0 atom stereocenters. The topological polar surface area (TPSA) is 111 Å². The van der Waals surface area contributed by atoms with E-state index in [9.17, 15) is 18.5 Å². The summed E-state index contributed by atoms with van der Waals surface area (Å²) >= 11 is 0. The zero-order valence-electron chi connectivity index (χ0n) is 11.8. The zero-order chi connectivity index (χ0) is 16.3. The predicted molar refractivity (Wildman–Crippen MR) is 78.9 cm³/mol. The molecule has 116 valence electrons. The highest BCUT2D eigenvalue weighted by Crippen LogP contribution is 2.24. The molecule has 0 N–H and O–H groups in total. The third-order valence-corrected chi connectivity index (χ3v) is 4.67. The van der Waals surface area contributed by atoms with Gasteiger partial charge in [0, 0.05) is 31.6 Å². The van der Waals surface area contributed by atoms with E-state index in [1.165, 1.54) is 42.6 Å². The van der Waals surface area contributed by atoms with Crippen molar-refractivity contribution in [2.24, 2.45) is 5.10 Å². The number of imidazole rings is 1. The standard InChI is InChI=1S/C12H13N5O4S/c1-10-3-4-11(17(18)19)7-12(10)22(20,21)15(2)14-9-16-6-5-13-8-16/h3-9H,1-2H3. The first-order valence-corrected chi connectivity index (χ1v) is 7.52. The van der Waals surface area contributed by atoms with E-state index < -0.39 is 14.9 Å². The highest BCUT2D eigenvalue weighted by Gasteiger charge is 2.24. The molecule has 10 heteroatoms. The van der Waals surface area contributed by atoms with E-state index in [1.807, 2.05) is 0 Å².